The fourth-order valence-corrected chi connectivity index (χ4v) is 5.89. The second-order valence-corrected chi connectivity index (χ2v) is 9.49. The number of likely N-dealkylation sites (N-methyl/N-ethyl adjacent to an activating group) is 1. The van der Waals surface area contributed by atoms with Crippen LogP contribution in [0.3, 0.4) is 0 Å². The average molecular weight is 367 g/mol. The number of hydrogen-bond acceptors (Lipinski definition) is 6. The van der Waals surface area contributed by atoms with Crippen molar-refractivity contribution in [2.75, 3.05) is 29.6 Å². The number of sulfone groups is 1. The summed E-state index contributed by atoms with van der Waals surface area (Å²) in [5, 5.41) is 3.66. The molecule has 24 heavy (non-hydrogen) atoms. The molecule has 0 aliphatic carbocycles. The van der Waals surface area contributed by atoms with Crippen molar-refractivity contribution in [3.8, 4) is 0 Å². The number of aliphatic imine (C=N–C) groups is 1. The van der Waals surface area contributed by atoms with Crippen LogP contribution in [0, 0.1) is 13.8 Å². The van der Waals surface area contributed by atoms with Crippen LogP contribution in [0.2, 0.25) is 0 Å². The second-order valence-electron chi connectivity index (χ2n) is 6.39. The fourth-order valence-electron chi connectivity index (χ4n) is 3.09. The molecule has 2 atom stereocenters. The first kappa shape index (κ1) is 17.3. The first-order valence-electron chi connectivity index (χ1n) is 7.76. The topological polar surface area (TPSA) is 78.8 Å². The lowest BCUT2D eigenvalue weighted by atomic mass is 10.1. The van der Waals surface area contributed by atoms with Crippen LogP contribution in [-0.2, 0) is 14.6 Å². The number of amides is 1. The lowest BCUT2D eigenvalue weighted by Crippen LogP contribution is -2.35. The average Bonchev–Trinajstić information content (AvgIpc) is 2.93. The Labute approximate surface area is 146 Å². The van der Waals surface area contributed by atoms with Gasteiger partial charge in [-0.15, -0.1) is 0 Å². The summed E-state index contributed by atoms with van der Waals surface area (Å²) in [6, 6.07) is 5.62. The highest BCUT2D eigenvalue weighted by molar-refractivity contribution is 8.14. The van der Waals surface area contributed by atoms with Crippen molar-refractivity contribution in [1.29, 1.82) is 0 Å². The molecule has 1 aromatic rings. The molecule has 0 saturated carbocycles. The molecule has 0 spiro atoms. The number of thioether (sulfide) groups is 1. The van der Waals surface area contributed by atoms with E-state index in [1.54, 1.807) is 0 Å². The third-order valence-electron chi connectivity index (χ3n) is 4.36. The summed E-state index contributed by atoms with van der Waals surface area (Å²) in [7, 11) is -1.13. The van der Waals surface area contributed by atoms with E-state index in [0.717, 1.165) is 22.0 Å². The molecule has 1 fully saturated rings. The molecule has 1 aromatic carbocycles. The number of aryl methyl sites for hydroxylation is 2. The Hall–Kier alpha value is -1.54. The van der Waals surface area contributed by atoms with Gasteiger partial charge in [-0.05, 0) is 25.5 Å². The molecule has 1 amide bonds. The van der Waals surface area contributed by atoms with Gasteiger partial charge in [0.2, 0.25) is 5.91 Å². The van der Waals surface area contributed by atoms with E-state index in [0.29, 0.717) is 0 Å². The van der Waals surface area contributed by atoms with Crippen molar-refractivity contribution in [3.63, 3.8) is 0 Å². The molecule has 2 heterocycles. The van der Waals surface area contributed by atoms with Crippen molar-refractivity contribution in [3.05, 3.63) is 29.3 Å². The van der Waals surface area contributed by atoms with Crippen molar-refractivity contribution in [2.24, 2.45) is 4.99 Å². The third kappa shape index (κ3) is 3.59. The SMILES string of the molecule is Cc1ccc(NC(=O)CSC2=N[C@@H]3CS(=O)(=O)C[C@@H]3N2C)c(C)c1. The van der Waals surface area contributed by atoms with E-state index in [1.165, 1.54) is 11.8 Å². The highest BCUT2D eigenvalue weighted by Crippen LogP contribution is 2.29. The quantitative estimate of drug-likeness (QED) is 0.875. The van der Waals surface area contributed by atoms with Gasteiger partial charge in [-0.3, -0.25) is 9.79 Å². The zero-order valence-corrected chi connectivity index (χ0v) is 15.6. The highest BCUT2D eigenvalue weighted by atomic mass is 32.2. The van der Waals surface area contributed by atoms with Gasteiger partial charge in [0.15, 0.2) is 15.0 Å². The minimum absolute atomic E-state index is 0.0834. The molecular formula is C16H21N3O3S2. The molecule has 3 rings (SSSR count). The van der Waals surface area contributed by atoms with Crippen LogP contribution in [0.5, 0.6) is 0 Å². The normalized spacial score (nSPS) is 24.6. The van der Waals surface area contributed by atoms with Gasteiger partial charge < -0.3 is 10.2 Å². The smallest absolute Gasteiger partial charge is 0.234 e. The molecule has 0 unspecified atom stereocenters. The number of hydrogen-bond donors (Lipinski definition) is 1. The summed E-state index contributed by atoms with van der Waals surface area (Å²) in [6.45, 7) is 3.98. The van der Waals surface area contributed by atoms with Gasteiger partial charge in [0, 0.05) is 12.7 Å². The largest absolute Gasteiger partial charge is 0.348 e. The zero-order chi connectivity index (χ0) is 17.5. The maximum atomic E-state index is 12.2. The molecule has 2 aliphatic rings. The molecule has 8 heteroatoms. The summed E-state index contributed by atoms with van der Waals surface area (Å²) < 4.78 is 23.3. The second kappa shape index (κ2) is 6.40. The fraction of sp³-hybridized carbons (Fsp3) is 0.500. The number of nitrogens with one attached hydrogen (secondary N) is 1. The summed E-state index contributed by atoms with van der Waals surface area (Å²) >= 11 is 1.35. The molecule has 0 radical (unpaired) electrons. The first-order chi connectivity index (χ1) is 11.2. The number of rotatable bonds is 3. The van der Waals surface area contributed by atoms with Gasteiger partial charge in [0.25, 0.3) is 0 Å². The van der Waals surface area contributed by atoms with Crippen molar-refractivity contribution < 1.29 is 13.2 Å². The molecule has 0 bridgehead atoms. The minimum Gasteiger partial charge on any atom is -0.348 e. The molecule has 6 nitrogen and oxygen atoms in total. The standard InChI is InChI=1S/C16H21N3O3S2/c1-10-4-5-12(11(2)6-10)17-15(20)7-23-16-18-13-8-24(21,22)9-14(13)19(16)3/h4-6,13-14H,7-9H2,1-3H3,(H,17,20)/t13-,14+/m1/s1. The lowest BCUT2D eigenvalue weighted by Gasteiger charge is -2.20. The Morgan fingerprint density at radius 1 is 1.38 bits per heavy atom. The van der Waals surface area contributed by atoms with Crippen LogP contribution < -0.4 is 5.32 Å². The lowest BCUT2D eigenvalue weighted by molar-refractivity contribution is -0.113. The van der Waals surface area contributed by atoms with Crippen LogP contribution in [0.1, 0.15) is 11.1 Å². The number of anilines is 1. The van der Waals surface area contributed by atoms with Gasteiger partial charge in [0.1, 0.15) is 0 Å². The van der Waals surface area contributed by atoms with Crippen LogP contribution in [0.4, 0.5) is 5.69 Å². The van der Waals surface area contributed by atoms with E-state index in [9.17, 15) is 13.2 Å². The monoisotopic (exact) mass is 367 g/mol. The maximum Gasteiger partial charge on any atom is 0.234 e. The van der Waals surface area contributed by atoms with E-state index in [1.807, 2.05) is 44.0 Å². The predicted molar refractivity (Wildman–Crippen MR) is 98.4 cm³/mol. The van der Waals surface area contributed by atoms with Gasteiger partial charge in [0.05, 0.1) is 29.3 Å². The molecule has 0 aromatic heterocycles. The summed E-state index contributed by atoms with van der Waals surface area (Å²) in [5.74, 6) is 0.424. The Morgan fingerprint density at radius 3 is 2.79 bits per heavy atom. The maximum absolute atomic E-state index is 12.2. The zero-order valence-electron chi connectivity index (χ0n) is 13.9. The molecular weight excluding hydrogens is 346 g/mol. The van der Waals surface area contributed by atoms with Gasteiger partial charge >= 0.3 is 0 Å². The van der Waals surface area contributed by atoms with E-state index >= 15 is 0 Å². The number of amidine groups is 1. The number of benzene rings is 1. The number of carbonyl (C=O) groups excluding carboxylic acids is 1. The predicted octanol–water partition coefficient (Wildman–Crippen LogP) is 1.44. The van der Waals surface area contributed by atoms with Crippen LogP contribution in [0.15, 0.2) is 23.2 Å². The summed E-state index contributed by atoms with van der Waals surface area (Å²) in [6.07, 6.45) is 0. The number of nitrogens with zero attached hydrogens (tertiary/aromatic N) is 2. The van der Waals surface area contributed by atoms with E-state index in [2.05, 4.69) is 10.3 Å². The van der Waals surface area contributed by atoms with E-state index in [4.69, 9.17) is 0 Å². The molecule has 130 valence electrons. The first-order valence-corrected chi connectivity index (χ1v) is 10.6. The van der Waals surface area contributed by atoms with Crippen LogP contribution >= 0.6 is 11.8 Å². The van der Waals surface area contributed by atoms with Gasteiger partial charge in [-0.25, -0.2) is 8.42 Å². The Morgan fingerprint density at radius 2 is 2.12 bits per heavy atom. The van der Waals surface area contributed by atoms with Crippen molar-refractivity contribution in [1.82, 2.24) is 4.90 Å². The number of carbonyl (C=O) groups is 1. The molecule has 1 N–H and O–H groups in total. The van der Waals surface area contributed by atoms with E-state index < -0.39 is 9.84 Å². The van der Waals surface area contributed by atoms with Crippen molar-refractivity contribution >= 4 is 38.4 Å². The van der Waals surface area contributed by atoms with Crippen molar-refractivity contribution in [2.45, 2.75) is 25.9 Å². The molecule has 2 aliphatic heterocycles. The van der Waals surface area contributed by atoms with Gasteiger partial charge in [-0.1, -0.05) is 29.5 Å². The van der Waals surface area contributed by atoms with Crippen LogP contribution in [-0.4, -0.2) is 60.8 Å². The highest BCUT2D eigenvalue weighted by Gasteiger charge is 2.45. The van der Waals surface area contributed by atoms with Crippen LogP contribution in [0.25, 0.3) is 0 Å². The Balaban J connectivity index is 1.57. The summed E-state index contributed by atoms with van der Waals surface area (Å²) in [4.78, 5) is 18.5. The van der Waals surface area contributed by atoms with E-state index in [-0.39, 0.29) is 35.2 Å². The Kier molecular flexibility index (Phi) is 4.61. The van der Waals surface area contributed by atoms with Gasteiger partial charge in [-0.2, -0.15) is 0 Å². The minimum atomic E-state index is -2.98. The summed E-state index contributed by atoms with van der Waals surface area (Å²) in [5.41, 5.74) is 3.00. The third-order valence-corrected chi connectivity index (χ3v) is 7.11. The number of fused-ring (bicyclic) bond motifs is 1. The Bertz CT molecular complexity index is 805. The molecule has 1 saturated heterocycles.